The van der Waals surface area contributed by atoms with Crippen LogP contribution in [-0.4, -0.2) is 34.8 Å². The minimum atomic E-state index is -1.04. The zero-order chi connectivity index (χ0) is 18.5. The number of carbonyl (C=O) groups is 1. The van der Waals surface area contributed by atoms with Crippen molar-refractivity contribution in [3.63, 3.8) is 0 Å². The van der Waals surface area contributed by atoms with Crippen LogP contribution in [0.25, 0.3) is 17.1 Å². The van der Waals surface area contributed by atoms with E-state index in [9.17, 15) is 9.90 Å². The number of hydrogen-bond acceptors (Lipinski definition) is 5. The number of aliphatic carboxylic acids is 1. The molecule has 1 aromatic heterocycles. The Hall–Kier alpha value is -2.93. The molecule has 1 heterocycles. The van der Waals surface area contributed by atoms with Gasteiger partial charge in [0, 0.05) is 5.56 Å². The van der Waals surface area contributed by atoms with Gasteiger partial charge in [-0.2, -0.15) is 0 Å². The third-order valence-electron chi connectivity index (χ3n) is 3.59. The number of H-pyrrole nitrogens is 1. The molecule has 6 nitrogen and oxygen atoms in total. The van der Waals surface area contributed by atoms with E-state index in [-0.39, 0.29) is 4.91 Å². The van der Waals surface area contributed by atoms with Crippen LogP contribution >= 0.6 is 11.8 Å². The fourth-order valence-electron chi connectivity index (χ4n) is 2.46. The molecule has 134 valence electrons. The van der Waals surface area contributed by atoms with E-state index in [2.05, 4.69) is 9.97 Å². The van der Waals surface area contributed by atoms with Crippen LogP contribution in [0.4, 0.5) is 0 Å². The maximum Gasteiger partial charge on any atom is 0.342 e. The van der Waals surface area contributed by atoms with Crippen LogP contribution in [0.3, 0.4) is 0 Å². The summed E-state index contributed by atoms with van der Waals surface area (Å²) in [6.07, 6.45) is 1.56. The van der Waals surface area contributed by atoms with Crippen molar-refractivity contribution in [3.05, 3.63) is 52.9 Å². The van der Waals surface area contributed by atoms with E-state index in [4.69, 9.17) is 9.47 Å². The van der Waals surface area contributed by atoms with Crippen molar-refractivity contribution in [2.75, 3.05) is 13.7 Å². The number of fused-ring (bicyclic) bond motifs is 1. The average Bonchev–Trinajstić information content (AvgIpc) is 3.05. The summed E-state index contributed by atoms with van der Waals surface area (Å²) in [6, 6.07) is 12.9. The summed E-state index contributed by atoms with van der Waals surface area (Å²) in [6.45, 7) is 2.31. The van der Waals surface area contributed by atoms with Gasteiger partial charge in [0.05, 0.1) is 24.8 Å². The molecule has 7 heteroatoms. The van der Waals surface area contributed by atoms with Gasteiger partial charge < -0.3 is 19.6 Å². The zero-order valence-corrected chi connectivity index (χ0v) is 15.2. The molecule has 0 aliphatic carbocycles. The van der Waals surface area contributed by atoms with Gasteiger partial charge in [0.15, 0.2) is 16.7 Å². The maximum absolute atomic E-state index is 11.7. The second-order valence-electron chi connectivity index (χ2n) is 5.29. The van der Waals surface area contributed by atoms with Crippen molar-refractivity contribution in [1.82, 2.24) is 9.97 Å². The summed E-state index contributed by atoms with van der Waals surface area (Å²) in [5.74, 6) is 0.0289. The van der Waals surface area contributed by atoms with Crippen molar-refractivity contribution in [2.24, 2.45) is 0 Å². The largest absolute Gasteiger partial charge is 0.493 e. The molecule has 0 atom stereocenters. The number of aromatic nitrogens is 2. The first-order chi connectivity index (χ1) is 12.6. The minimum absolute atomic E-state index is 0.123. The number of benzene rings is 2. The minimum Gasteiger partial charge on any atom is -0.493 e. The van der Waals surface area contributed by atoms with Gasteiger partial charge in [-0.1, -0.05) is 24.3 Å². The van der Waals surface area contributed by atoms with Crippen LogP contribution < -0.4 is 9.47 Å². The standard InChI is InChI=1S/C19H18N2O4S/c1-3-25-17-12(7-6-10-15(17)24-2)11-16(18(22)23)26-19-20-13-8-4-5-9-14(13)21-19/h4-11H,3H2,1-2H3,(H,20,21)(H,22,23)/b16-11-. The molecule has 0 aliphatic heterocycles. The summed E-state index contributed by atoms with van der Waals surface area (Å²) >= 11 is 1.06. The molecule has 0 spiro atoms. The lowest BCUT2D eigenvalue weighted by Crippen LogP contribution is -2.00. The normalized spacial score (nSPS) is 11.5. The van der Waals surface area contributed by atoms with E-state index in [1.165, 1.54) is 0 Å². The molecular formula is C19H18N2O4S. The van der Waals surface area contributed by atoms with Gasteiger partial charge >= 0.3 is 5.97 Å². The molecule has 0 amide bonds. The number of carboxylic acids is 1. The number of thioether (sulfide) groups is 1. The summed E-state index contributed by atoms with van der Waals surface area (Å²) in [5, 5.41) is 10.1. The molecule has 2 aromatic carbocycles. The number of hydrogen-bond donors (Lipinski definition) is 2. The SMILES string of the molecule is CCOc1c(/C=C(\Sc2nc3ccccc3[nH]2)C(=O)O)cccc1OC. The molecule has 0 saturated heterocycles. The summed E-state index contributed by atoms with van der Waals surface area (Å²) in [4.78, 5) is 19.4. The van der Waals surface area contributed by atoms with E-state index >= 15 is 0 Å². The molecule has 0 bridgehead atoms. The van der Waals surface area contributed by atoms with Crippen molar-refractivity contribution in [1.29, 1.82) is 0 Å². The fourth-order valence-corrected chi connectivity index (χ4v) is 3.25. The van der Waals surface area contributed by atoms with E-state index in [1.807, 2.05) is 31.2 Å². The molecule has 2 N–H and O–H groups in total. The number of ether oxygens (including phenoxy) is 2. The topological polar surface area (TPSA) is 84.4 Å². The van der Waals surface area contributed by atoms with Crippen molar-refractivity contribution >= 4 is 34.8 Å². The van der Waals surface area contributed by atoms with Gasteiger partial charge in [-0.25, -0.2) is 9.78 Å². The highest BCUT2D eigenvalue weighted by Crippen LogP contribution is 2.35. The monoisotopic (exact) mass is 370 g/mol. The van der Waals surface area contributed by atoms with Gasteiger partial charge in [-0.3, -0.25) is 0 Å². The zero-order valence-electron chi connectivity index (χ0n) is 14.4. The van der Waals surface area contributed by atoms with Crippen LogP contribution in [0.2, 0.25) is 0 Å². The van der Waals surface area contributed by atoms with Gasteiger partial charge in [0.1, 0.15) is 4.91 Å². The van der Waals surface area contributed by atoms with Gasteiger partial charge in [0.2, 0.25) is 0 Å². The number of nitrogens with one attached hydrogen (secondary N) is 1. The van der Waals surface area contributed by atoms with E-state index in [0.29, 0.717) is 28.8 Å². The Labute approximate surface area is 154 Å². The van der Waals surface area contributed by atoms with E-state index in [1.54, 1.807) is 31.4 Å². The molecule has 3 aromatic rings. The highest BCUT2D eigenvalue weighted by atomic mass is 32.2. The van der Waals surface area contributed by atoms with Crippen LogP contribution in [0.15, 0.2) is 52.5 Å². The first-order valence-electron chi connectivity index (χ1n) is 7.99. The lowest BCUT2D eigenvalue weighted by Gasteiger charge is -2.12. The Bertz CT molecular complexity index is 932. The third kappa shape index (κ3) is 3.83. The lowest BCUT2D eigenvalue weighted by molar-refractivity contribution is -0.131. The molecule has 0 fully saturated rings. The lowest BCUT2D eigenvalue weighted by atomic mass is 10.1. The van der Waals surface area contributed by atoms with Crippen LogP contribution in [0.1, 0.15) is 12.5 Å². The second kappa shape index (κ2) is 7.97. The summed E-state index contributed by atoms with van der Waals surface area (Å²) in [7, 11) is 1.55. The van der Waals surface area contributed by atoms with E-state index in [0.717, 1.165) is 22.8 Å². The Kier molecular flexibility index (Phi) is 5.48. The van der Waals surface area contributed by atoms with Gasteiger partial charge in [0.25, 0.3) is 0 Å². The summed E-state index contributed by atoms with van der Waals surface area (Å²) < 4.78 is 11.0. The maximum atomic E-state index is 11.7. The number of aromatic amines is 1. The van der Waals surface area contributed by atoms with Gasteiger partial charge in [-0.15, -0.1) is 0 Å². The molecule has 0 unspecified atom stereocenters. The first kappa shape index (κ1) is 17.9. The highest BCUT2D eigenvalue weighted by Gasteiger charge is 2.16. The predicted octanol–water partition coefficient (Wildman–Crippen LogP) is 4.19. The number of carboxylic acid groups (broad SMARTS) is 1. The quantitative estimate of drug-likeness (QED) is 0.479. The number of para-hydroxylation sites is 3. The average molecular weight is 370 g/mol. The Morgan fingerprint density at radius 3 is 2.77 bits per heavy atom. The van der Waals surface area contributed by atoms with Crippen molar-refractivity contribution < 1.29 is 19.4 Å². The fraction of sp³-hybridized carbons (Fsp3) is 0.158. The molecule has 0 saturated carbocycles. The third-order valence-corrected chi connectivity index (χ3v) is 4.49. The number of nitrogens with zero attached hydrogens (tertiary/aromatic N) is 1. The Morgan fingerprint density at radius 2 is 2.08 bits per heavy atom. The first-order valence-corrected chi connectivity index (χ1v) is 8.81. The van der Waals surface area contributed by atoms with Gasteiger partial charge in [-0.05, 0) is 43.0 Å². The number of rotatable bonds is 7. The Morgan fingerprint density at radius 1 is 1.27 bits per heavy atom. The second-order valence-corrected chi connectivity index (χ2v) is 6.32. The smallest absolute Gasteiger partial charge is 0.342 e. The predicted molar refractivity (Wildman–Crippen MR) is 102 cm³/mol. The van der Waals surface area contributed by atoms with Crippen molar-refractivity contribution in [3.8, 4) is 11.5 Å². The summed E-state index contributed by atoms with van der Waals surface area (Å²) in [5.41, 5.74) is 2.28. The highest BCUT2D eigenvalue weighted by molar-refractivity contribution is 8.04. The molecular weight excluding hydrogens is 352 g/mol. The van der Waals surface area contributed by atoms with Crippen LogP contribution in [-0.2, 0) is 4.79 Å². The molecule has 0 radical (unpaired) electrons. The Balaban J connectivity index is 1.98. The number of imidazole rings is 1. The van der Waals surface area contributed by atoms with Crippen molar-refractivity contribution in [2.45, 2.75) is 12.1 Å². The number of methoxy groups -OCH3 is 1. The molecule has 0 aliphatic rings. The molecule has 26 heavy (non-hydrogen) atoms. The van der Waals surface area contributed by atoms with Crippen LogP contribution in [0.5, 0.6) is 11.5 Å². The van der Waals surface area contributed by atoms with E-state index < -0.39 is 5.97 Å². The van der Waals surface area contributed by atoms with Crippen LogP contribution in [0, 0.1) is 0 Å². The molecule has 3 rings (SSSR count).